The lowest BCUT2D eigenvalue weighted by atomic mass is 10.1. The van der Waals surface area contributed by atoms with Gasteiger partial charge in [0.1, 0.15) is 11.4 Å². The van der Waals surface area contributed by atoms with Crippen LogP contribution < -0.4 is 4.74 Å². The number of hydrogen-bond donors (Lipinski definition) is 0. The summed E-state index contributed by atoms with van der Waals surface area (Å²) in [6, 6.07) is 8.30. The van der Waals surface area contributed by atoms with Gasteiger partial charge in [-0.05, 0) is 12.1 Å². The molecule has 1 aromatic carbocycles. The molecule has 1 heterocycles. The summed E-state index contributed by atoms with van der Waals surface area (Å²) in [5.74, 6) is 0.569. The van der Waals surface area contributed by atoms with Crippen molar-refractivity contribution in [2.24, 2.45) is 0 Å². The van der Waals surface area contributed by atoms with Crippen LogP contribution in [0.2, 0.25) is 0 Å². The maximum absolute atomic E-state index is 11.0. The Labute approximate surface area is 102 Å². The third kappa shape index (κ3) is 2.42. The summed E-state index contributed by atoms with van der Waals surface area (Å²) in [6.45, 7) is 0. The molecular formula is C10H8ClNO4S. The first-order chi connectivity index (χ1) is 8.02. The van der Waals surface area contributed by atoms with E-state index in [0.29, 0.717) is 17.0 Å². The highest BCUT2D eigenvalue weighted by molar-refractivity contribution is 8.13. The van der Waals surface area contributed by atoms with E-state index in [1.165, 1.54) is 13.2 Å². The Morgan fingerprint density at radius 3 is 2.65 bits per heavy atom. The highest BCUT2D eigenvalue weighted by Gasteiger charge is 2.19. The molecule has 0 saturated carbocycles. The van der Waals surface area contributed by atoms with Gasteiger partial charge < -0.3 is 9.26 Å². The predicted molar refractivity (Wildman–Crippen MR) is 61.5 cm³/mol. The van der Waals surface area contributed by atoms with Gasteiger partial charge >= 0.3 is 0 Å². The monoisotopic (exact) mass is 273 g/mol. The number of ether oxygens (including phenoxy) is 1. The Morgan fingerprint density at radius 2 is 2.06 bits per heavy atom. The van der Waals surface area contributed by atoms with Crippen molar-refractivity contribution in [1.82, 2.24) is 5.16 Å². The van der Waals surface area contributed by atoms with E-state index in [0.717, 1.165) is 0 Å². The number of benzene rings is 1. The summed E-state index contributed by atoms with van der Waals surface area (Å²) in [5.41, 5.74) is 0.979. The Bertz CT molecular complexity index is 635. The number of rotatable bonds is 3. The molecule has 0 bridgehead atoms. The second-order valence-corrected chi connectivity index (χ2v) is 5.67. The zero-order valence-electron chi connectivity index (χ0n) is 8.75. The minimum Gasteiger partial charge on any atom is -0.496 e. The smallest absolute Gasteiger partial charge is 0.297 e. The molecule has 90 valence electrons. The van der Waals surface area contributed by atoms with Crippen LogP contribution in [0.1, 0.15) is 0 Å². The topological polar surface area (TPSA) is 69.4 Å². The first kappa shape index (κ1) is 11.9. The Hall–Kier alpha value is -1.53. The van der Waals surface area contributed by atoms with Gasteiger partial charge in [0.25, 0.3) is 14.1 Å². The van der Waals surface area contributed by atoms with Gasteiger partial charge in [-0.1, -0.05) is 17.3 Å². The molecular weight excluding hydrogens is 266 g/mol. The van der Waals surface area contributed by atoms with Crippen LogP contribution in [-0.4, -0.2) is 20.7 Å². The van der Waals surface area contributed by atoms with Gasteiger partial charge in [0, 0.05) is 22.3 Å². The lowest BCUT2D eigenvalue weighted by Gasteiger charge is -2.03. The van der Waals surface area contributed by atoms with Crippen LogP contribution in [-0.2, 0) is 9.05 Å². The number of nitrogens with zero attached hydrogens (tertiary/aromatic N) is 1. The van der Waals surface area contributed by atoms with Crippen molar-refractivity contribution in [1.29, 1.82) is 0 Å². The molecule has 0 amide bonds. The summed E-state index contributed by atoms with van der Waals surface area (Å²) < 4.78 is 31.9. The van der Waals surface area contributed by atoms with Crippen molar-refractivity contribution in [3.63, 3.8) is 0 Å². The third-order valence-corrected chi connectivity index (χ3v) is 3.24. The number of para-hydroxylation sites is 1. The van der Waals surface area contributed by atoms with Gasteiger partial charge in [0.15, 0.2) is 0 Å². The van der Waals surface area contributed by atoms with E-state index < -0.39 is 9.05 Å². The van der Waals surface area contributed by atoms with Gasteiger partial charge in [0.2, 0.25) is 0 Å². The molecule has 1 aromatic heterocycles. The normalized spacial score (nSPS) is 11.4. The maximum Gasteiger partial charge on any atom is 0.297 e. The molecule has 0 aliphatic heterocycles. The maximum atomic E-state index is 11.0. The fourth-order valence-electron chi connectivity index (χ4n) is 1.36. The molecule has 2 aromatic rings. The molecule has 0 spiro atoms. The summed E-state index contributed by atoms with van der Waals surface area (Å²) >= 11 is 0. The molecule has 0 atom stereocenters. The van der Waals surface area contributed by atoms with Crippen molar-refractivity contribution in [3.05, 3.63) is 30.3 Å². The third-order valence-electron chi connectivity index (χ3n) is 2.11. The molecule has 0 unspecified atom stereocenters. The largest absolute Gasteiger partial charge is 0.496 e. The second kappa shape index (κ2) is 4.38. The van der Waals surface area contributed by atoms with Crippen molar-refractivity contribution >= 4 is 19.7 Å². The number of hydrogen-bond acceptors (Lipinski definition) is 5. The van der Waals surface area contributed by atoms with E-state index in [2.05, 4.69) is 9.68 Å². The van der Waals surface area contributed by atoms with Crippen LogP contribution in [0.5, 0.6) is 5.75 Å². The van der Waals surface area contributed by atoms with Crippen molar-refractivity contribution in [2.45, 2.75) is 5.09 Å². The summed E-state index contributed by atoms with van der Waals surface area (Å²) in [5, 5.41) is 3.25. The Morgan fingerprint density at radius 1 is 1.35 bits per heavy atom. The average Bonchev–Trinajstić information content (AvgIpc) is 2.77. The van der Waals surface area contributed by atoms with Crippen LogP contribution in [0.25, 0.3) is 11.3 Å². The number of aromatic nitrogens is 1. The van der Waals surface area contributed by atoms with E-state index in [9.17, 15) is 8.42 Å². The predicted octanol–water partition coefficient (Wildman–Crippen LogP) is 2.28. The van der Waals surface area contributed by atoms with Crippen LogP contribution >= 0.6 is 10.7 Å². The Balaban J connectivity index is 2.51. The first-order valence-electron chi connectivity index (χ1n) is 4.57. The first-order valence-corrected chi connectivity index (χ1v) is 6.88. The molecule has 0 radical (unpaired) electrons. The summed E-state index contributed by atoms with van der Waals surface area (Å²) in [6.07, 6.45) is 0. The lowest BCUT2D eigenvalue weighted by Crippen LogP contribution is -1.87. The zero-order chi connectivity index (χ0) is 12.5. The highest BCUT2D eigenvalue weighted by atomic mass is 35.7. The van der Waals surface area contributed by atoms with E-state index in [1.54, 1.807) is 24.3 Å². The van der Waals surface area contributed by atoms with Gasteiger partial charge in [-0.2, -0.15) is 0 Å². The average molecular weight is 274 g/mol. The molecule has 0 fully saturated rings. The fraction of sp³-hybridized carbons (Fsp3) is 0.100. The molecule has 0 aliphatic carbocycles. The van der Waals surface area contributed by atoms with Gasteiger partial charge in [0.05, 0.1) is 7.11 Å². The molecule has 2 rings (SSSR count). The van der Waals surface area contributed by atoms with Crippen molar-refractivity contribution in [2.75, 3.05) is 7.11 Å². The highest BCUT2D eigenvalue weighted by Crippen LogP contribution is 2.30. The van der Waals surface area contributed by atoms with Crippen LogP contribution in [0.4, 0.5) is 0 Å². The van der Waals surface area contributed by atoms with Gasteiger partial charge in [-0.25, -0.2) is 8.42 Å². The van der Waals surface area contributed by atoms with Crippen molar-refractivity contribution < 1.29 is 17.7 Å². The van der Waals surface area contributed by atoms with E-state index >= 15 is 0 Å². The molecule has 17 heavy (non-hydrogen) atoms. The second-order valence-electron chi connectivity index (χ2n) is 3.17. The minimum atomic E-state index is -3.91. The minimum absolute atomic E-state index is 0.349. The molecule has 0 aliphatic rings. The van der Waals surface area contributed by atoms with Gasteiger partial charge in [-0.15, -0.1) is 0 Å². The zero-order valence-corrected chi connectivity index (χ0v) is 10.3. The summed E-state index contributed by atoms with van der Waals surface area (Å²) in [7, 11) is 2.74. The van der Waals surface area contributed by atoms with Gasteiger partial charge in [-0.3, -0.25) is 0 Å². The van der Waals surface area contributed by atoms with E-state index in [1.807, 2.05) is 0 Å². The SMILES string of the molecule is COc1ccccc1-c1cc(S(=O)(=O)Cl)on1. The Kier molecular flexibility index (Phi) is 3.08. The molecule has 0 N–H and O–H groups in total. The van der Waals surface area contributed by atoms with Crippen LogP contribution in [0, 0.1) is 0 Å². The lowest BCUT2D eigenvalue weighted by molar-refractivity contribution is 0.342. The molecule has 0 saturated heterocycles. The quantitative estimate of drug-likeness (QED) is 0.803. The standard InChI is InChI=1S/C10H8ClNO4S/c1-15-9-5-3-2-4-7(9)8-6-10(16-12-8)17(11,13)14/h2-6H,1H3. The number of halogens is 1. The van der Waals surface area contributed by atoms with Crippen LogP contribution in [0.15, 0.2) is 39.9 Å². The fourth-order valence-corrected chi connectivity index (χ4v) is 1.95. The molecule has 7 heteroatoms. The van der Waals surface area contributed by atoms with E-state index in [-0.39, 0.29) is 5.09 Å². The van der Waals surface area contributed by atoms with Crippen molar-refractivity contribution in [3.8, 4) is 17.0 Å². The summed E-state index contributed by atoms with van der Waals surface area (Å²) in [4.78, 5) is 0. The number of methoxy groups -OCH3 is 1. The molecule has 5 nitrogen and oxygen atoms in total. The van der Waals surface area contributed by atoms with E-state index in [4.69, 9.17) is 15.4 Å². The van der Waals surface area contributed by atoms with Crippen LogP contribution in [0.3, 0.4) is 0 Å².